The second-order valence-electron chi connectivity index (χ2n) is 6.59. The summed E-state index contributed by atoms with van der Waals surface area (Å²) in [5, 5.41) is 0. The molecule has 0 fully saturated rings. The van der Waals surface area contributed by atoms with Crippen LogP contribution in [-0.2, 0) is 9.47 Å². The highest BCUT2D eigenvalue weighted by Crippen LogP contribution is 2.09. The van der Waals surface area contributed by atoms with Gasteiger partial charge in [-0.15, -0.1) is 0 Å². The standard InChI is InChI=1S/C20H40O2/c1-5-6-7-8-9-10-11-12-13-14-15-16-17-21-20(4)18-22-19(2)3/h8-9,19-20H,5-7,10-18H2,1-4H3/b9-8+. The zero-order valence-corrected chi connectivity index (χ0v) is 15.6. The molecule has 0 spiro atoms. The van der Waals surface area contributed by atoms with Gasteiger partial charge in [0.2, 0.25) is 0 Å². The SMILES string of the molecule is CCCC/C=C/CCCCCCCCOC(C)COC(C)C. The van der Waals surface area contributed by atoms with E-state index in [4.69, 9.17) is 9.47 Å². The molecule has 132 valence electrons. The van der Waals surface area contributed by atoms with Gasteiger partial charge in [-0.2, -0.15) is 0 Å². The number of unbranched alkanes of at least 4 members (excludes halogenated alkanes) is 8. The van der Waals surface area contributed by atoms with Crippen LogP contribution >= 0.6 is 0 Å². The molecule has 0 saturated carbocycles. The van der Waals surface area contributed by atoms with E-state index in [1.165, 1.54) is 64.2 Å². The van der Waals surface area contributed by atoms with E-state index in [2.05, 4.69) is 39.8 Å². The van der Waals surface area contributed by atoms with Crippen LogP contribution in [0, 0.1) is 0 Å². The lowest BCUT2D eigenvalue weighted by Crippen LogP contribution is -2.19. The molecule has 0 aromatic carbocycles. The quantitative estimate of drug-likeness (QED) is 0.246. The zero-order chi connectivity index (χ0) is 16.5. The first-order valence-corrected chi connectivity index (χ1v) is 9.55. The summed E-state index contributed by atoms with van der Waals surface area (Å²) < 4.78 is 11.3. The number of hydrogen-bond acceptors (Lipinski definition) is 2. The van der Waals surface area contributed by atoms with Crippen molar-refractivity contribution in [2.75, 3.05) is 13.2 Å². The first kappa shape index (κ1) is 21.7. The van der Waals surface area contributed by atoms with Crippen LogP contribution in [0.4, 0.5) is 0 Å². The summed E-state index contributed by atoms with van der Waals surface area (Å²) in [6.07, 6.45) is 18.3. The Morgan fingerprint density at radius 2 is 1.32 bits per heavy atom. The molecule has 0 bridgehead atoms. The third-order valence-electron chi connectivity index (χ3n) is 3.72. The fourth-order valence-electron chi connectivity index (χ4n) is 2.29. The summed E-state index contributed by atoms with van der Waals surface area (Å²) >= 11 is 0. The van der Waals surface area contributed by atoms with E-state index in [1.807, 2.05) is 0 Å². The van der Waals surface area contributed by atoms with E-state index in [0.29, 0.717) is 12.7 Å². The lowest BCUT2D eigenvalue weighted by molar-refractivity contribution is -0.0273. The minimum absolute atomic E-state index is 0.224. The van der Waals surface area contributed by atoms with Gasteiger partial charge in [-0.05, 0) is 46.5 Å². The fourth-order valence-corrected chi connectivity index (χ4v) is 2.29. The van der Waals surface area contributed by atoms with Crippen LogP contribution in [0.25, 0.3) is 0 Å². The first-order chi connectivity index (χ1) is 10.7. The van der Waals surface area contributed by atoms with Crippen molar-refractivity contribution in [3.8, 4) is 0 Å². The van der Waals surface area contributed by atoms with E-state index in [-0.39, 0.29) is 6.10 Å². The van der Waals surface area contributed by atoms with Crippen molar-refractivity contribution in [2.24, 2.45) is 0 Å². The van der Waals surface area contributed by atoms with E-state index in [1.54, 1.807) is 0 Å². The van der Waals surface area contributed by atoms with Crippen molar-refractivity contribution >= 4 is 0 Å². The maximum atomic E-state index is 5.75. The average Bonchev–Trinajstić information content (AvgIpc) is 2.49. The van der Waals surface area contributed by atoms with Crippen LogP contribution in [0.2, 0.25) is 0 Å². The molecular formula is C20H40O2. The molecule has 0 aliphatic carbocycles. The number of allylic oxidation sites excluding steroid dienone is 2. The number of ether oxygens (including phenoxy) is 2. The van der Waals surface area contributed by atoms with Crippen LogP contribution in [0.5, 0.6) is 0 Å². The highest BCUT2D eigenvalue weighted by Gasteiger charge is 2.03. The molecule has 0 aromatic heterocycles. The molecule has 0 radical (unpaired) electrons. The number of hydrogen-bond donors (Lipinski definition) is 0. The van der Waals surface area contributed by atoms with Gasteiger partial charge in [0.25, 0.3) is 0 Å². The maximum Gasteiger partial charge on any atom is 0.0780 e. The second kappa shape index (κ2) is 17.0. The van der Waals surface area contributed by atoms with Gasteiger partial charge in [0.1, 0.15) is 0 Å². The largest absolute Gasteiger partial charge is 0.376 e. The van der Waals surface area contributed by atoms with Gasteiger partial charge in [0.05, 0.1) is 18.8 Å². The van der Waals surface area contributed by atoms with Gasteiger partial charge in [0.15, 0.2) is 0 Å². The summed E-state index contributed by atoms with van der Waals surface area (Å²) in [4.78, 5) is 0. The fraction of sp³-hybridized carbons (Fsp3) is 0.900. The molecule has 0 saturated heterocycles. The molecule has 0 aliphatic heterocycles. The second-order valence-corrected chi connectivity index (χ2v) is 6.59. The monoisotopic (exact) mass is 312 g/mol. The molecule has 2 nitrogen and oxygen atoms in total. The summed E-state index contributed by atoms with van der Waals surface area (Å²) in [7, 11) is 0. The molecule has 2 heteroatoms. The lowest BCUT2D eigenvalue weighted by atomic mass is 10.1. The summed E-state index contributed by atoms with van der Waals surface area (Å²) in [6.45, 7) is 10.1. The Morgan fingerprint density at radius 3 is 1.95 bits per heavy atom. The molecule has 1 atom stereocenters. The van der Waals surface area contributed by atoms with Crippen molar-refractivity contribution in [3.63, 3.8) is 0 Å². The van der Waals surface area contributed by atoms with E-state index in [0.717, 1.165) is 6.61 Å². The molecule has 0 aliphatic rings. The van der Waals surface area contributed by atoms with Gasteiger partial charge in [0, 0.05) is 6.61 Å². The molecule has 0 N–H and O–H groups in total. The highest BCUT2D eigenvalue weighted by atomic mass is 16.5. The average molecular weight is 313 g/mol. The van der Waals surface area contributed by atoms with Crippen molar-refractivity contribution in [2.45, 2.75) is 104 Å². The van der Waals surface area contributed by atoms with Gasteiger partial charge in [-0.3, -0.25) is 0 Å². The Bertz CT molecular complexity index is 236. The van der Waals surface area contributed by atoms with E-state index in [9.17, 15) is 0 Å². The van der Waals surface area contributed by atoms with Crippen LogP contribution in [-0.4, -0.2) is 25.4 Å². The number of rotatable bonds is 16. The molecular weight excluding hydrogens is 272 g/mol. The first-order valence-electron chi connectivity index (χ1n) is 9.55. The maximum absolute atomic E-state index is 5.75. The predicted octanol–water partition coefficient (Wildman–Crippen LogP) is 6.29. The molecule has 0 rings (SSSR count). The Kier molecular flexibility index (Phi) is 16.8. The minimum Gasteiger partial charge on any atom is -0.376 e. The summed E-state index contributed by atoms with van der Waals surface area (Å²) in [5.41, 5.74) is 0. The zero-order valence-electron chi connectivity index (χ0n) is 15.6. The van der Waals surface area contributed by atoms with Crippen molar-refractivity contribution in [3.05, 3.63) is 12.2 Å². The third kappa shape index (κ3) is 17.7. The third-order valence-corrected chi connectivity index (χ3v) is 3.72. The van der Waals surface area contributed by atoms with Crippen molar-refractivity contribution in [1.29, 1.82) is 0 Å². The van der Waals surface area contributed by atoms with Gasteiger partial charge < -0.3 is 9.47 Å². The Balaban J connectivity index is 3.15. The van der Waals surface area contributed by atoms with Crippen LogP contribution < -0.4 is 0 Å². The Hall–Kier alpha value is -0.340. The smallest absolute Gasteiger partial charge is 0.0780 e. The van der Waals surface area contributed by atoms with Gasteiger partial charge >= 0.3 is 0 Å². The van der Waals surface area contributed by atoms with E-state index >= 15 is 0 Å². The molecule has 22 heavy (non-hydrogen) atoms. The minimum atomic E-state index is 0.224. The lowest BCUT2D eigenvalue weighted by Gasteiger charge is -2.15. The predicted molar refractivity (Wildman–Crippen MR) is 97.5 cm³/mol. The highest BCUT2D eigenvalue weighted by molar-refractivity contribution is 4.81. The normalized spacial score (nSPS) is 13.3. The summed E-state index contributed by atoms with van der Waals surface area (Å²) in [6, 6.07) is 0. The molecule has 0 aromatic rings. The van der Waals surface area contributed by atoms with Crippen molar-refractivity contribution in [1.82, 2.24) is 0 Å². The Labute approximate surface area is 139 Å². The topological polar surface area (TPSA) is 18.5 Å². The van der Waals surface area contributed by atoms with E-state index < -0.39 is 0 Å². The molecule has 1 unspecified atom stereocenters. The van der Waals surface area contributed by atoms with Gasteiger partial charge in [-0.25, -0.2) is 0 Å². The molecule has 0 heterocycles. The van der Waals surface area contributed by atoms with Crippen LogP contribution in [0.15, 0.2) is 12.2 Å². The van der Waals surface area contributed by atoms with Crippen LogP contribution in [0.3, 0.4) is 0 Å². The molecule has 0 amide bonds. The van der Waals surface area contributed by atoms with Crippen molar-refractivity contribution < 1.29 is 9.47 Å². The Morgan fingerprint density at radius 1 is 0.727 bits per heavy atom. The van der Waals surface area contributed by atoms with Crippen LogP contribution in [0.1, 0.15) is 91.9 Å². The van der Waals surface area contributed by atoms with Gasteiger partial charge in [-0.1, -0.05) is 57.6 Å². The summed E-state index contributed by atoms with van der Waals surface area (Å²) in [5.74, 6) is 0.